The summed E-state index contributed by atoms with van der Waals surface area (Å²) in [5, 5.41) is 0. The first-order valence-electron chi connectivity index (χ1n) is 6.58. The Bertz CT molecular complexity index is 709. The van der Waals surface area contributed by atoms with Gasteiger partial charge in [0.05, 0.1) is 16.3 Å². The fraction of sp³-hybridized carbons (Fsp3) is 0.385. The van der Waals surface area contributed by atoms with Crippen molar-refractivity contribution in [2.75, 3.05) is 23.1 Å². The van der Waals surface area contributed by atoms with E-state index in [1.165, 1.54) is 34.6 Å². The number of nitrogens with one attached hydrogen (secondary N) is 1. The van der Waals surface area contributed by atoms with E-state index >= 15 is 0 Å². The molecule has 0 saturated carbocycles. The van der Waals surface area contributed by atoms with Gasteiger partial charge in [0, 0.05) is 13.1 Å². The van der Waals surface area contributed by atoms with Crippen LogP contribution in [0, 0.1) is 0 Å². The average Bonchev–Trinajstić information content (AvgIpc) is 2.45. The Morgan fingerprint density at radius 3 is 2.48 bits per heavy atom. The highest BCUT2D eigenvalue weighted by molar-refractivity contribution is 7.92. The molecule has 0 amide bonds. The van der Waals surface area contributed by atoms with Crippen molar-refractivity contribution in [2.24, 2.45) is 0 Å². The summed E-state index contributed by atoms with van der Waals surface area (Å²) in [5.41, 5.74) is 0.498. The Hall–Kier alpha value is -1.38. The largest absolute Gasteiger partial charge is 0.270 e. The van der Waals surface area contributed by atoms with E-state index in [1.807, 2.05) is 0 Å². The molecule has 0 radical (unpaired) electrons. The smallest absolute Gasteiger partial charge is 0.240 e. The summed E-state index contributed by atoms with van der Waals surface area (Å²) in [5.74, 6) is 0.133. The van der Waals surface area contributed by atoms with Crippen LogP contribution in [0.5, 0.6) is 0 Å². The lowest BCUT2D eigenvalue weighted by Crippen LogP contribution is -2.37. The third-order valence-corrected chi connectivity index (χ3v) is 6.51. The normalized spacial score (nSPS) is 18.4. The number of nitrogens with zero attached hydrogens (tertiary/aromatic N) is 1. The van der Waals surface area contributed by atoms with Gasteiger partial charge >= 0.3 is 0 Å². The van der Waals surface area contributed by atoms with Crippen molar-refractivity contribution >= 4 is 25.7 Å². The maximum atomic E-state index is 12.0. The molecule has 0 spiro atoms. The first-order valence-corrected chi connectivity index (χ1v) is 9.67. The first-order chi connectivity index (χ1) is 9.87. The molecule has 0 aromatic heterocycles. The van der Waals surface area contributed by atoms with Gasteiger partial charge in [0.1, 0.15) is 0 Å². The maximum absolute atomic E-state index is 12.0. The van der Waals surface area contributed by atoms with Gasteiger partial charge in [-0.2, -0.15) is 0 Å². The van der Waals surface area contributed by atoms with Crippen LogP contribution in [-0.2, 0) is 20.0 Å². The van der Waals surface area contributed by atoms with Crippen molar-refractivity contribution in [1.82, 2.24) is 4.72 Å². The summed E-state index contributed by atoms with van der Waals surface area (Å²) in [6.45, 7) is 4.03. The molecule has 1 aromatic rings. The topological polar surface area (TPSA) is 83.6 Å². The zero-order chi connectivity index (χ0) is 15.5. The second-order valence-electron chi connectivity index (χ2n) is 4.73. The van der Waals surface area contributed by atoms with Crippen molar-refractivity contribution in [3.63, 3.8) is 0 Å². The summed E-state index contributed by atoms with van der Waals surface area (Å²) in [4.78, 5) is 0.0995. The van der Waals surface area contributed by atoms with Gasteiger partial charge in [-0.15, -0.1) is 6.58 Å². The fourth-order valence-electron chi connectivity index (χ4n) is 2.12. The monoisotopic (exact) mass is 330 g/mol. The van der Waals surface area contributed by atoms with Crippen LogP contribution in [0.25, 0.3) is 0 Å². The molecular weight excluding hydrogens is 312 g/mol. The highest BCUT2D eigenvalue weighted by Crippen LogP contribution is 2.24. The van der Waals surface area contributed by atoms with Crippen LogP contribution in [0.2, 0.25) is 0 Å². The number of sulfonamides is 2. The van der Waals surface area contributed by atoms with Gasteiger partial charge in [-0.25, -0.2) is 21.6 Å². The fourth-order valence-corrected chi connectivity index (χ4v) is 4.76. The molecule has 0 aliphatic carbocycles. The highest BCUT2D eigenvalue weighted by Gasteiger charge is 2.26. The molecule has 21 heavy (non-hydrogen) atoms. The number of anilines is 1. The predicted octanol–water partition coefficient (Wildman–Crippen LogP) is 1.08. The minimum absolute atomic E-state index is 0.0995. The quantitative estimate of drug-likeness (QED) is 0.819. The Balaban J connectivity index is 2.25. The highest BCUT2D eigenvalue weighted by atomic mass is 32.2. The molecule has 0 atom stereocenters. The maximum Gasteiger partial charge on any atom is 0.240 e. The summed E-state index contributed by atoms with van der Waals surface area (Å²) in [6.07, 6.45) is 2.92. The van der Waals surface area contributed by atoms with Crippen molar-refractivity contribution < 1.29 is 16.8 Å². The minimum atomic E-state index is -3.59. The van der Waals surface area contributed by atoms with Gasteiger partial charge in [-0.1, -0.05) is 6.08 Å². The van der Waals surface area contributed by atoms with E-state index in [1.54, 1.807) is 0 Å². The lowest BCUT2D eigenvalue weighted by atomic mass is 10.3. The van der Waals surface area contributed by atoms with Gasteiger partial charge in [-0.3, -0.25) is 4.31 Å². The lowest BCUT2D eigenvalue weighted by Gasteiger charge is -2.28. The molecule has 1 aromatic carbocycles. The van der Waals surface area contributed by atoms with Crippen LogP contribution in [0.15, 0.2) is 41.8 Å². The molecule has 0 bridgehead atoms. The Morgan fingerprint density at radius 1 is 1.24 bits per heavy atom. The van der Waals surface area contributed by atoms with E-state index in [9.17, 15) is 16.8 Å². The molecule has 8 heteroatoms. The SMILES string of the molecule is C=CCNS(=O)(=O)c1ccc(N2CCCCS2(=O)=O)cc1. The average molecular weight is 330 g/mol. The Labute approximate surface area is 125 Å². The molecule has 1 N–H and O–H groups in total. The molecule has 6 nitrogen and oxygen atoms in total. The summed E-state index contributed by atoms with van der Waals surface area (Å²) in [6, 6.07) is 5.85. The van der Waals surface area contributed by atoms with Crippen LogP contribution in [-0.4, -0.2) is 35.7 Å². The molecule has 2 rings (SSSR count). The van der Waals surface area contributed by atoms with E-state index in [0.717, 1.165) is 6.42 Å². The van der Waals surface area contributed by atoms with Crippen LogP contribution in [0.1, 0.15) is 12.8 Å². The predicted molar refractivity (Wildman–Crippen MR) is 82.2 cm³/mol. The van der Waals surface area contributed by atoms with E-state index in [0.29, 0.717) is 18.7 Å². The standard InChI is InChI=1S/C13H18N2O4S2/c1-2-9-14-21(18,19)13-7-5-12(6-8-13)15-10-3-4-11-20(15,16)17/h2,5-8,14H,1,3-4,9-11H2. The van der Waals surface area contributed by atoms with Crippen molar-refractivity contribution in [1.29, 1.82) is 0 Å². The zero-order valence-electron chi connectivity index (χ0n) is 11.5. The summed E-state index contributed by atoms with van der Waals surface area (Å²) >= 11 is 0. The number of benzene rings is 1. The number of hydrogen-bond donors (Lipinski definition) is 1. The van der Waals surface area contributed by atoms with E-state index in [-0.39, 0.29) is 17.2 Å². The lowest BCUT2D eigenvalue weighted by molar-refractivity contribution is 0.574. The Morgan fingerprint density at radius 2 is 1.90 bits per heavy atom. The second-order valence-corrected chi connectivity index (χ2v) is 8.51. The first kappa shape index (κ1) is 16.0. The van der Waals surface area contributed by atoms with E-state index in [4.69, 9.17) is 0 Å². The van der Waals surface area contributed by atoms with Gasteiger partial charge < -0.3 is 0 Å². The number of rotatable bonds is 5. The molecule has 1 saturated heterocycles. The molecule has 1 aliphatic heterocycles. The van der Waals surface area contributed by atoms with E-state index < -0.39 is 20.0 Å². The third kappa shape index (κ3) is 3.63. The molecule has 1 aliphatic rings. The van der Waals surface area contributed by atoms with E-state index in [2.05, 4.69) is 11.3 Å². The third-order valence-electron chi connectivity index (χ3n) is 3.20. The summed E-state index contributed by atoms with van der Waals surface area (Å²) < 4.78 is 51.5. The van der Waals surface area contributed by atoms with Crippen LogP contribution >= 0.6 is 0 Å². The second kappa shape index (κ2) is 6.17. The molecule has 116 valence electrons. The van der Waals surface area contributed by atoms with Gasteiger partial charge in [0.25, 0.3) is 0 Å². The minimum Gasteiger partial charge on any atom is -0.270 e. The van der Waals surface area contributed by atoms with Crippen LogP contribution in [0.3, 0.4) is 0 Å². The van der Waals surface area contributed by atoms with Crippen molar-refractivity contribution in [3.8, 4) is 0 Å². The zero-order valence-corrected chi connectivity index (χ0v) is 13.2. The van der Waals surface area contributed by atoms with Crippen LogP contribution < -0.4 is 9.03 Å². The van der Waals surface area contributed by atoms with Gasteiger partial charge in [0.15, 0.2) is 0 Å². The molecule has 1 fully saturated rings. The van der Waals surface area contributed by atoms with Crippen molar-refractivity contribution in [2.45, 2.75) is 17.7 Å². The van der Waals surface area contributed by atoms with Gasteiger partial charge in [0.2, 0.25) is 20.0 Å². The number of hydrogen-bond acceptors (Lipinski definition) is 4. The molecular formula is C13H18N2O4S2. The molecule has 0 unspecified atom stereocenters. The Kier molecular flexibility index (Phi) is 4.70. The van der Waals surface area contributed by atoms with Crippen molar-refractivity contribution in [3.05, 3.63) is 36.9 Å². The van der Waals surface area contributed by atoms with Gasteiger partial charge in [-0.05, 0) is 37.1 Å². The summed E-state index contributed by atoms with van der Waals surface area (Å²) in [7, 11) is -6.87. The van der Waals surface area contributed by atoms with Crippen LogP contribution in [0.4, 0.5) is 5.69 Å². The molecule has 1 heterocycles.